The second-order valence-electron chi connectivity index (χ2n) is 4.50. The molecule has 6 heteroatoms. The van der Waals surface area contributed by atoms with Gasteiger partial charge >= 0.3 is 11.9 Å². The van der Waals surface area contributed by atoms with E-state index in [4.69, 9.17) is 19.8 Å². The fraction of sp³-hybridized carbons (Fsp3) is 0.462. The first-order valence-electron chi connectivity index (χ1n) is 6.01. The summed E-state index contributed by atoms with van der Waals surface area (Å²) in [5, 5.41) is 14.8. The summed E-state index contributed by atoms with van der Waals surface area (Å²) in [6.07, 6.45) is 6.39. The number of pyridine rings is 1. The molecule has 19 heavy (non-hydrogen) atoms. The molecule has 2 atom stereocenters. The van der Waals surface area contributed by atoms with Crippen LogP contribution in [-0.4, -0.2) is 45.1 Å². The Hall–Kier alpha value is -1.95. The van der Waals surface area contributed by atoms with Gasteiger partial charge in [0.25, 0.3) is 0 Å². The molecule has 2 heterocycles. The lowest BCUT2D eigenvalue weighted by Crippen LogP contribution is -2.24. The van der Waals surface area contributed by atoms with Crippen LogP contribution in [0, 0.1) is 0 Å². The molecule has 0 aromatic carbocycles. The van der Waals surface area contributed by atoms with E-state index in [9.17, 15) is 0 Å². The second kappa shape index (κ2) is 6.84. The summed E-state index contributed by atoms with van der Waals surface area (Å²) in [7, 11) is 2.20. The van der Waals surface area contributed by atoms with Gasteiger partial charge < -0.3 is 10.2 Å². The maximum absolute atomic E-state index is 9.10. The summed E-state index contributed by atoms with van der Waals surface area (Å²) in [6, 6.07) is 5.49. The first kappa shape index (κ1) is 15.1. The fourth-order valence-corrected chi connectivity index (χ4v) is 2.09. The quantitative estimate of drug-likeness (QED) is 0.746. The highest BCUT2D eigenvalue weighted by Crippen LogP contribution is 2.33. The summed E-state index contributed by atoms with van der Waals surface area (Å²) in [4.78, 5) is 24.8. The summed E-state index contributed by atoms with van der Waals surface area (Å²) in [5.74, 6) is -3.65. The number of nitrogens with zero attached hydrogens (tertiary/aromatic N) is 2. The lowest BCUT2D eigenvalue weighted by molar-refractivity contribution is -0.159. The van der Waals surface area contributed by atoms with Gasteiger partial charge in [-0.2, -0.15) is 0 Å². The minimum absolute atomic E-state index is 0.587. The Morgan fingerprint density at radius 1 is 1.32 bits per heavy atom. The van der Waals surface area contributed by atoms with Crippen LogP contribution in [0.5, 0.6) is 0 Å². The summed E-state index contributed by atoms with van der Waals surface area (Å²) >= 11 is 0. The summed E-state index contributed by atoms with van der Waals surface area (Å²) in [5.41, 5.74) is 1.36. The zero-order valence-corrected chi connectivity index (χ0v) is 11.0. The second-order valence-corrected chi connectivity index (χ2v) is 4.50. The molecule has 0 radical (unpaired) electrons. The summed E-state index contributed by atoms with van der Waals surface area (Å²) < 4.78 is 0. The minimum atomic E-state index is -1.82. The Morgan fingerprint density at radius 3 is 2.32 bits per heavy atom. The van der Waals surface area contributed by atoms with E-state index >= 15 is 0 Å². The predicted octanol–water partition coefficient (Wildman–Crippen LogP) is 1.39. The zero-order chi connectivity index (χ0) is 14.4. The normalized spacial score (nSPS) is 22.4. The monoisotopic (exact) mass is 266 g/mol. The lowest BCUT2D eigenvalue weighted by Gasteiger charge is -2.23. The van der Waals surface area contributed by atoms with Gasteiger partial charge in [0.05, 0.1) is 0 Å². The third-order valence-electron chi connectivity index (χ3n) is 3.30. The number of aliphatic carboxylic acids is 2. The van der Waals surface area contributed by atoms with Gasteiger partial charge in [0.15, 0.2) is 0 Å². The fourth-order valence-electron chi connectivity index (χ4n) is 2.09. The van der Waals surface area contributed by atoms with Crippen LogP contribution in [0.3, 0.4) is 0 Å². The van der Waals surface area contributed by atoms with Crippen LogP contribution in [0.4, 0.5) is 0 Å². The molecule has 0 saturated carbocycles. The maximum Gasteiger partial charge on any atom is 0.414 e. The Morgan fingerprint density at radius 2 is 1.95 bits per heavy atom. The molecular formula is C13H18N2O4. The topological polar surface area (TPSA) is 90.7 Å². The number of aromatic nitrogens is 1. The van der Waals surface area contributed by atoms with Crippen molar-refractivity contribution in [3.63, 3.8) is 0 Å². The molecule has 6 nitrogen and oxygen atoms in total. The molecule has 104 valence electrons. The van der Waals surface area contributed by atoms with Crippen molar-refractivity contribution in [1.29, 1.82) is 0 Å². The zero-order valence-electron chi connectivity index (χ0n) is 11.0. The SMILES string of the molecule is CC1CC[C@@H](c2cccnc2)N1C.O=C(O)C(=O)O. The van der Waals surface area contributed by atoms with Crippen molar-refractivity contribution >= 4 is 11.9 Å². The van der Waals surface area contributed by atoms with E-state index in [0.29, 0.717) is 12.1 Å². The van der Waals surface area contributed by atoms with E-state index in [2.05, 4.69) is 29.9 Å². The van der Waals surface area contributed by atoms with E-state index in [0.717, 1.165) is 0 Å². The molecule has 1 saturated heterocycles. The highest BCUT2D eigenvalue weighted by Gasteiger charge is 2.28. The third-order valence-corrected chi connectivity index (χ3v) is 3.30. The standard InChI is InChI=1S/C11H16N2.C2H2O4/c1-9-5-6-11(13(9)2)10-4-3-7-12-8-10;3-1(4)2(5)6/h3-4,7-9,11H,5-6H2,1-2H3;(H,3,4)(H,5,6)/t9?,11-;/m0./s1. The van der Waals surface area contributed by atoms with Crippen molar-refractivity contribution in [2.24, 2.45) is 0 Å². The van der Waals surface area contributed by atoms with Crippen molar-refractivity contribution in [3.05, 3.63) is 30.1 Å². The van der Waals surface area contributed by atoms with Crippen molar-refractivity contribution in [2.45, 2.75) is 31.8 Å². The molecule has 1 aliphatic heterocycles. The molecule has 0 bridgehead atoms. The Kier molecular flexibility index (Phi) is 5.44. The number of carbonyl (C=O) groups is 2. The summed E-state index contributed by atoms with van der Waals surface area (Å²) in [6.45, 7) is 2.29. The first-order valence-corrected chi connectivity index (χ1v) is 6.01. The van der Waals surface area contributed by atoms with E-state index in [-0.39, 0.29) is 0 Å². The molecule has 2 N–H and O–H groups in total. The Labute approximate surface area is 111 Å². The van der Waals surface area contributed by atoms with E-state index in [1.165, 1.54) is 18.4 Å². The molecule has 2 rings (SSSR count). The first-order chi connectivity index (χ1) is 8.93. The molecule has 0 spiro atoms. The van der Waals surface area contributed by atoms with Crippen LogP contribution in [-0.2, 0) is 9.59 Å². The van der Waals surface area contributed by atoms with Crippen LogP contribution in [0.25, 0.3) is 0 Å². The maximum atomic E-state index is 9.10. The number of rotatable bonds is 1. The number of carboxylic acid groups (broad SMARTS) is 2. The molecular weight excluding hydrogens is 248 g/mol. The van der Waals surface area contributed by atoms with Gasteiger partial charge in [-0.15, -0.1) is 0 Å². The van der Waals surface area contributed by atoms with Gasteiger partial charge in [-0.05, 0) is 38.4 Å². The number of likely N-dealkylation sites (tertiary alicyclic amines) is 1. The molecule has 0 amide bonds. The van der Waals surface area contributed by atoms with Crippen molar-refractivity contribution in [2.75, 3.05) is 7.05 Å². The number of carboxylic acids is 2. The average molecular weight is 266 g/mol. The molecule has 1 aromatic heterocycles. The van der Waals surface area contributed by atoms with Crippen LogP contribution in [0.15, 0.2) is 24.5 Å². The van der Waals surface area contributed by atoms with Crippen LogP contribution in [0.1, 0.15) is 31.4 Å². The Balaban J connectivity index is 0.000000258. The molecule has 0 aliphatic carbocycles. The van der Waals surface area contributed by atoms with Gasteiger partial charge in [0.1, 0.15) is 0 Å². The van der Waals surface area contributed by atoms with Gasteiger partial charge in [0, 0.05) is 24.5 Å². The Bertz CT molecular complexity index is 424. The molecule has 1 unspecified atom stereocenters. The molecule has 1 fully saturated rings. The van der Waals surface area contributed by atoms with Gasteiger partial charge in [0.2, 0.25) is 0 Å². The van der Waals surface area contributed by atoms with Gasteiger partial charge in [-0.25, -0.2) is 9.59 Å². The van der Waals surface area contributed by atoms with Gasteiger partial charge in [-0.1, -0.05) is 6.07 Å². The van der Waals surface area contributed by atoms with Crippen LogP contribution < -0.4 is 0 Å². The van der Waals surface area contributed by atoms with Crippen LogP contribution >= 0.6 is 0 Å². The average Bonchev–Trinajstić information content (AvgIpc) is 2.72. The minimum Gasteiger partial charge on any atom is -0.473 e. The predicted molar refractivity (Wildman–Crippen MR) is 68.7 cm³/mol. The van der Waals surface area contributed by atoms with Crippen molar-refractivity contribution in [3.8, 4) is 0 Å². The largest absolute Gasteiger partial charge is 0.473 e. The van der Waals surface area contributed by atoms with Crippen LogP contribution in [0.2, 0.25) is 0 Å². The lowest BCUT2D eigenvalue weighted by atomic mass is 10.1. The third kappa shape index (κ3) is 4.33. The van der Waals surface area contributed by atoms with E-state index in [1.54, 1.807) is 0 Å². The van der Waals surface area contributed by atoms with E-state index < -0.39 is 11.9 Å². The molecule has 1 aromatic rings. The van der Waals surface area contributed by atoms with Gasteiger partial charge in [-0.3, -0.25) is 9.88 Å². The number of hydrogen-bond donors (Lipinski definition) is 2. The highest BCUT2D eigenvalue weighted by atomic mass is 16.4. The van der Waals surface area contributed by atoms with Crippen molar-refractivity contribution in [1.82, 2.24) is 9.88 Å². The highest BCUT2D eigenvalue weighted by molar-refractivity contribution is 6.27. The molecule has 1 aliphatic rings. The smallest absolute Gasteiger partial charge is 0.414 e. The van der Waals surface area contributed by atoms with E-state index in [1.807, 2.05) is 18.5 Å². The van der Waals surface area contributed by atoms with Crippen molar-refractivity contribution < 1.29 is 19.8 Å². The number of hydrogen-bond acceptors (Lipinski definition) is 4.